The first-order valence-corrected chi connectivity index (χ1v) is 11.7. The fraction of sp³-hybridized carbons (Fsp3) is 0.192. The number of methoxy groups -OCH3 is 2. The van der Waals surface area contributed by atoms with Crippen molar-refractivity contribution in [1.29, 1.82) is 0 Å². The van der Waals surface area contributed by atoms with Gasteiger partial charge in [-0.3, -0.25) is 9.69 Å². The Morgan fingerprint density at radius 1 is 1.11 bits per heavy atom. The van der Waals surface area contributed by atoms with Crippen LogP contribution in [0.2, 0.25) is 0 Å². The minimum absolute atomic E-state index is 0.0167. The Labute approximate surface area is 215 Å². The molecule has 3 aromatic rings. The Bertz CT molecular complexity index is 1340. The lowest BCUT2D eigenvalue weighted by molar-refractivity contribution is -0.123. The van der Waals surface area contributed by atoms with Crippen LogP contribution in [0.5, 0.6) is 11.5 Å². The fourth-order valence-corrected chi connectivity index (χ4v) is 4.09. The number of hydrogen-bond acceptors (Lipinski definition) is 7. The highest BCUT2D eigenvalue weighted by molar-refractivity contribution is 9.10. The number of carbonyl (C=O) groups excluding carboxylic acids is 3. The maximum atomic E-state index is 12.9. The first kappa shape index (κ1) is 25.1. The van der Waals surface area contributed by atoms with Gasteiger partial charge in [0.2, 0.25) is 5.76 Å². The summed E-state index contributed by atoms with van der Waals surface area (Å²) in [5, 5.41) is 2.56. The summed E-state index contributed by atoms with van der Waals surface area (Å²) >= 11 is 3.51. The van der Waals surface area contributed by atoms with E-state index in [2.05, 4.69) is 26.0 Å². The molecule has 186 valence electrons. The second-order valence-corrected chi connectivity index (χ2v) is 8.80. The van der Waals surface area contributed by atoms with Crippen molar-refractivity contribution in [2.75, 3.05) is 14.2 Å². The van der Waals surface area contributed by atoms with E-state index < -0.39 is 17.9 Å². The molecule has 3 amide bonds. The molecule has 1 aliphatic heterocycles. The number of urea groups is 1. The van der Waals surface area contributed by atoms with E-state index in [1.807, 2.05) is 31.2 Å². The van der Waals surface area contributed by atoms with Gasteiger partial charge in [-0.15, -0.1) is 0 Å². The van der Waals surface area contributed by atoms with Crippen LogP contribution in [-0.2, 0) is 22.7 Å². The lowest BCUT2D eigenvalue weighted by Gasteiger charge is -2.14. The normalized spacial score (nSPS) is 14.2. The molecule has 36 heavy (non-hydrogen) atoms. The average molecular weight is 555 g/mol. The molecule has 4 rings (SSSR count). The molecule has 0 bridgehead atoms. The van der Waals surface area contributed by atoms with E-state index in [-0.39, 0.29) is 23.8 Å². The zero-order chi connectivity index (χ0) is 25.8. The number of hydrogen-bond donors (Lipinski definition) is 1. The van der Waals surface area contributed by atoms with E-state index in [1.54, 1.807) is 18.2 Å². The third kappa shape index (κ3) is 5.44. The van der Waals surface area contributed by atoms with Crippen molar-refractivity contribution in [2.45, 2.75) is 20.1 Å². The second-order valence-electron chi connectivity index (χ2n) is 7.95. The second kappa shape index (κ2) is 10.7. The molecule has 0 aliphatic carbocycles. The molecule has 0 atom stereocenters. The SMILES string of the molecule is COC(=O)c1ccc(CN2C(=O)N/C(=C\c3cc(Br)c(OCc4ccc(C)cc4)c(OC)c3)C2=O)o1. The van der Waals surface area contributed by atoms with E-state index in [9.17, 15) is 14.4 Å². The third-order valence-electron chi connectivity index (χ3n) is 5.39. The van der Waals surface area contributed by atoms with Crippen molar-refractivity contribution in [2.24, 2.45) is 0 Å². The van der Waals surface area contributed by atoms with Crippen molar-refractivity contribution in [1.82, 2.24) is 10.2 Å². The summed E-state index contributed by atoms with van der Waals surface area (Å²) in [5.74, 6) is 0.0398. The predicted octanol–water partition coefficient (Wildman–Crippen LogP) is 4.82. The Balaban J connectivity index is 1.50. The van der Waals surface area contributed by atoms with Gasteiger partial charge in [-0.25, -0.2) is 9.59 Å². The van der Waals surface area contributed by atoms with Crippen LogP contribution in [-0.4, -0.2) is 37.0 Å². The predicted molar refractivity (Wildman–Crippen MR) is 133 cm³/mol. The Hall–Kier alpha value is -4.05. The lowest BCUT2D eigenvalue weighted by Crippen LogP contribution is -2.30. The molecular weight excluding hydrogens is 532 g/mol. The molecule has 10 heteroatoms. The van der Waals surface area contributed by atoms with Gasteiger partial charge >= 0.3 is 12.0 Å². The van der Waals surface area contributed by atoms with Crippen molar-refractivity contribution in [3.8, 4) is 11.5 Å². The van der Waals surface area contributed by atoms with Crippen molar-refractivity contribution in [3.63, 3.8) is 0 Å². The third-order valence-corrected chi connectivity index (χ3v) is 5.98. The summed E-state index contributed by atoms with van der Waals surface area (Å²) < 4.78 is 22.1. The van der Waals surface area contributed by atoms with Crippen molar-refractivity contribution in [3.05, 3.63) is 86.9 Å². The summed E-state index contributed by atoms with van der Waals surface area (Å²) in [6.07, 6.45) is 1.54. The summed E-state index contributed by atoms with van der Waals surface area (Å²) in [6.45, 7) is 2.23. The molecule has 1 N–H and O–H groups in total. The number of amides is 3. The first-order valence-electron chi connectivity index (χ1n) is 10.9. The molecule has 0 saturated carbocycles. The number of nitrogens with zero attached hydrogens (tertiary/aromatic N) is 1. The molecule has 0 unspecified atom stereocenters. The number of aryl methyl sites for hydroxylation is 1. The van der Waals surface area contributed by atoms with E-state index in [1.165, 1.54) is 26.4 Å². The van der Waals surface area contributed by atoms with Gasteiger partial charge in [0.15, 0.2) is 11.5 Å². The van der Waals surface area contributed by atoms with E-state index in [0.29, 0.717) is 28.1 Å². The molecule has 1 fully saturated rings. The molecule has 2 heterocycles. The van der Waals surface area contributed by atoms with Crippen LogP contribution in [0.4, 0.5) is 4.79 Å². The van der Waals surface area contributed by atoms with Crippen molar-refractivity contribution >= 4 is 39.9 Å². The average Bonchev–Trinajstić information content (AvgIpc) is 3.44. The Morgan fingerprint density at radius 3 is 2.56 bits per heavy atom. The highest BCUT2D eigenvalue weighted by Gasteiger charge is 2.34. The minimum atomic E-state index is -0.648. The molecule has 0 spiro atoms. The molecular formula is C26H23BrN2O7. The van der Waals surface area contributed by atoms with Crippen LogP contribution < -0.4 is 14.8 Å². The maximum absolute atomic E-state index is 12.9. The molecule has 1 aromatic heterocycles. The topological polar surface area (TPSA) is 107 Å². The van der Waals surface area contributed by atoms with Gasteiger partial charge in [0.25, 0.3) is 5.91 Å². The highest BCUT2D eigenvalue weighted by Crippen LogP contribution is 2.38. The number of benzene rings is 2. The van der Waals surface area contributed by atoms with E-state index in [0.717, 1.165) is 16.0 Å². The van der Waals surface area contributed by atoms with Gasteiger partial charge in [-0.2, -0.15) is 0 Å². The number of imide groups is 1. The van der Waals surface area contributed by atoms with Crippen LogP contribution in [0.25, 0.3) is 6.08 Å². The van der Waals surface area contributed by atoms with Gasteiger partial charge in [0, 0.05) is 0 Å². The summed E-state index contributed by atoms with van der Waals surface area (Å²) in [5.41, 5.74) is 2.87. The van der Waals surface area contributed by atoms with Crippen molar-refractivity contribution < 1.29 is 33.0 Å². The minimum Gasteiger partial charge on any atom is -0.493 e. The van der Waals surface area contributed by atoms with Gasteiger partial charge < -0.3 is 23.9 Å². The van der Waals surface area contributed by atoms with E-state index >= 15 is 0 Å². The van der Waals surface area contributed by atoms with Crippen LogP contribution >= 0.6 is 15.9 Å². The fourth-order valence-electron chi connectivity index (χ4n) is 3.51. The van der Waals surface area contributed by atoms with Crippen LogP contribution in [0, 0.1) is 6.92 Å². The smallest absolute Gasteiger partial charge is 0.373 e. The molecule has 1 aliphatic rings. The zero-order valence-corrected chi connectivity index (χ0v) is 21.4. The Kier molecular flexibility index (Phi) is 7.44. The first-order chi connectivity index (χ1) is 17.3. The Morgan fingerprint density at radius 2 is 1.86 bits per heavy atom. The van der Waals surface area contributed by atoms with Crippen LogP contribution in [0.3, 0.4) is 0 Å². The van der Waals surface area contributed by atoms with E-state index in [4.69, 9.17) is 13.9 Å². The molecule has 9 nitrogen and oxygen atoms in total. The number of carbonyl (C=O) groups is 3. The lowest BCUT2D eigenvalue weighted by atomic mass is 10.1. The maximum Gasteiger partial charge on any atom is 0.373 e. The van der Waals surface area contributed by atoms with Gasteiger partial charge in [-0.1, -0.05) is 29.8 Å². The van der Waals surface area contributed by atoms with Crippen LogP contribution in [0.1, 0.15) is 33.0 Å². The van der Waals surface area contributed by atoms with Gasteiger partial charge in [0.05, 0.1) is 25.2 Å². The molecule has 1 saturated heterocycles. The van der Waals surface area contributed by atoms with Gasteiger partial charge in [0.1, 0.15) is 18.1 Å². The van der Waals surface area contributed by atoms with Gasteiger partial charge in [-0.05, 0) is 64.3 Å². The molecule has 0 radical (unpaired) electrons. The summed E-state index contributed by atoms with van der Waals surface area (Å²) in [6, 6.07) is 13.8. The van der Waals surface area contributed by atoms with Crippen LogP contribution in [0.15, 0.2) is 63.1 Å². The standard InChI is InChI=1S/C26H23BrN2O7/c1-15-4-6-16(7-5-15)14-35-23-19(27)10-17(12-22(23)33-2)11-20-24(30)29(26(32)28-20)13-18-8-9-21(36-18)25(31)34-3/h4-12H,13-14H2,1-3H3,(H,28,32)/b20-11-. The zero-order valence-electron chi connectivity index (χ0n) is 19.8. The largest absolute Gasteiger partial charge is 0.493 e. The number of nitrogens with one attached hydrogen (secondary N) is 1. The number of halogens is 1. The summed E-state index contributed by atoms with van der Waals surface area (Å²) in [4.78, 5) is 37.9. The summed E-state index contributed by atoms with van der Waals surface area (Å²) in [7, 11) is 2.75. The quantitative estimate of drug-likeness (QED) is 0.241. The number of ether oxygens (including phenoxy) is 3. The number of rotatable bonds is 8. The molecule has 2 aromatic carbocycles. The monoisotopic (exact) mass is 554 g/mol. The number of furan rings is 1. The highest BCUT2D eigenvalue weighted by atomic mass is 79.9. The number of esters is 1.